The van der Waals surface area contributed by atoms with Crippen molar-refractivity contribution in [2.45, 2.75) is 58.3 Å². The molecule has 6 nitrogen and oxygen atoms in total. The molecule has 0 amide bonds. The third-order valence-electron chi connectivity index (χ3n) is 8.24. The monoisotopic (exact) mass is 540 g/mol. The Hall–Kier alpha value is -3.87. The van der Waals surface area contributed by atoms with Gasteiger partial charge in [-0.1, -0.05) is 19.2 Å². The highest BCUT2D eigenvalue weighted by Gasteiger charge is 2.32. The average molecular weight is 541 g/mol. The number of nitrogens with zero attached hydrogens (tertiary/aromatic N) is 3. The number of imidazole rings is 1. The average Bonchev–Trinajstić information content (AvgIpc) is 3.73. The van der Waals surface area contributed by atoms with Crippen LogP contribution in [0, 0.1) is 11.7 Å². The SMILES string of the molecule is C=C/C(=C\C(=C/C)c1cc(C(C)(C)c2nc3nccc(N4CCCCC4)c3[nH]2)c(NC)cc1F)NC(=C)C1CC1. The van der Waals surface area contributed by atoms with Crippen LogP contribution < -0.4 is 15.5 Å². The fourth-order valence-corrected chi connectivity index (χ4v) is 5.59. The molecule has 1 saturated heterocycles. The Morgan fingerprint density at radius 3 is 2.60 bits per heavy atom. The van der Waals surface area contributed by atoms with Gasteiger partial charge in [0.15, 0.2) is 5.65 Å². The minimum atomic E-state index is -0.566. The molecular formula is C33H41FN6. The molecular weight excluding hydrogens is 499 g/mol. The lowest BCUT2D eigenvalue weighted by molar-refractivity contribution is 0.578. The smallest absolute Gasteiger partial charge is 0.179 e. The van der Waals surface area contributed by atoms with Crippen molar-refractivity contribution in [3.8, 4) is 0 Å². The number of fused-ring (bicyclic) bond motifs is 1. The van der Waals surface area contributed by atoms with Crippen LogP contribution in [0.5, 0.6) is 0 Å². The molecule has 3 N–H and O–H groups in total. The van der Waals surface area contributed by atoms with Gasteiger partial charge >= 0.3 is 0 Å². The molecule has 0 bridgehead atoms. The van der Waals surface area contributed by atoms with Crippen molar-refractivity contribution < 1.29 is 4.39 Å². The van der Waals surface area contributed by atoms with Crippen LogP contribution >= 0.6 is 0 Å². The summed E-state index contributed by atoms with van der Waals surface area (Å²) in [5.74, 6) is 1.00. The molecule has 2 fully saturated rings. The Balaban J connectivity index is 1.55. The standard InChI is InChI=1S/C33H41FN6/c1-7-22(18-24(8-2)37-21(3)23-12-13-23)25-19-26(28(35-6)20-27(25)34)33(4,5)32-38-30-29(14-15-36-31(30)39-32)40-16-10-9-11-17-40/h7-8,14-15,18-20,23,35,37H,2-3,9-13,16-17H2,1,4-6H3,(H,36,38,39)/b22-7+,24-18+. The van der Waals surface area contributed by atoms with Gasteiger partial charge in [-0.05, 0) is 100 Å². The Morgan fingerprint density at radius 2 is 1.95 bits per heavy atom. The van der Waals surface area contributed by atoms with Gasteiger partial charge in [0.1, 0.15) is 17.2 Å². The summed E-state index contributed by atoms with van der Waals surface area (Å²) < 4.78 is 15.6. The largest absolute Gasteiger partial charge is 0.388 e. The minimum absolute atomic E-state index is 0.295. The maximum Gasteiger partial charge on any atom is 0.179 e. The number of aromatic amines is 1. The summed E-state index contributed by atoms with van der Waals surface area (Å²) >= 11 is 0. The molecule has 0 spiro atoms. The maximum absolute atomic E-state index is 15.6. The first kappa shape index (κ1) is 27.7. The molecule has 2 aliphatic rings. The van der Waals surface area contributed by atoms with E-state index in [-0.39, 0.29) is 5.82 Å². The van der Waals surface area contributed by atoms with Gasteiger partial charge in [-0.25, -0.2) is 14.4 Å². The lowest BCUT2D eigenvalue weighted by atomic mass is 9.81. The van der Waals surface area contributed by atoms with E-state index < -0.39 is 5.41 Å². The van der Waals surface area contributed by atoms with E-state index in [1.807, 2.05) is 38.4 Å². The lowest BCUT2D eigenvalue weighted by Gasteiger charge is -2.29. The predicted octanol–water partition coefficient (Wildman–Crippen LogP) is 7.44. The molecule has 210 valence electrons. The lowest BCUT2D eigenvalue weighted by Crippen LogP contribution is -2.29. The summed E-state index contributed by atoms with van der Waals surface area (Å²) in [5.41, 5.74) is 6.97. The van der Waals surface area contributed by atoms with Crippen molar-refractivity contribution in [3.63, 3.8) is 0 Å². The molecule has 0 unspecified atom stereocenters. The van der Waals surface area contributed by atoms with Crippen LogP contribution in [0.4, 0.5) is 15.8 Å². The topological polar surface area (TPSA) is 68.9 Å². The van der Waals surface area contributed by atoms with E-state index >= 15 is 4.39 Å². The first-order valence-corrected chi connectivity index (χ1v) is 14.3. The van der Waals surface area contributed by atoms with E-state index in [2.05, 4.69) is 58.6 Å². The van der Waals surface area contributed by atoms with Crippen LogP contribution in [0.1, 0.15) is 69.8 Å². The van der Waals surface area contributed by atoms with Crippen molar-refractivity contribution in [2.24, 2.45) is 5.92 Å². The van der Waals surface area contributed by atoms with Crippen LogP contribution in [0.2, 0.25) is 0 Å². The first-order chi connectivity index (χ1) is 19.3. The number of pyridine rings is 1. The number of hydrogen-bond acceptors (Lipinski definition) is 5. The Labute approximate surface area is 237 Å². The fourth-order valence-electron chi connectivity index (χ4n) is 5.59. The van der Waals surface area contributed by atoms with Gasteiger partial charge < -0.3 is 20.5 Å². The molecule has 0 atom stereocenters. The van der Waals surface area contributed by atoms with Gasteiger partial charge in [-0.3, -0.25) is 0 Å². The number of hydrogen-bond donors (Lipinski definition) is 3. The molecule has 2 aromatic heterocycles. The van der Waals surface area contributed by atoms with Gasteiger partial charge in [0, 0.05) is 54.4 Å². The number of halogens is 1. The summed E-state index contributed by atoms with van der Waals surface area (Å²) in [6.07, 6.45) is 13.4. The van der Waals surface area contributed by atoms with Crippen molar-refractivity contribution >= 4 is 28.1 Å². The molecule has 1 aromatic carbocycles. The third-order valence-corrected chi connectivity index (χ3v) is 8.24. The van der Waals surface area contributed by atoms with Gasteiger partial charge in [-0.15, -0.1) is 0 Å². The molecule has 1 aliphatic heterocycles. The number of piperidine rings is 1. The summed E-state index contributed by atoms with van der Waals surface area (Å²) in [4.78, 5) is 15.6. The number of aromatic nitrogens is 3. The van der Waals surface area contributed by atoms with Crippen LogP contribution in [-0.4, -0.2) is 35.1 Å². The second kappa shape index (κ2) is 11.3. The number of benzene rings is 1. The van der Waals surface area contributed by atoms with Crippen LogP contribution in [0.3, 0.4) is 0 Å². The van der Waals surface area contributed by atoms with Crippen molar-refractivity contribution in [2.75, 3.05) is 30.4 Å². The van der Waals surface area contributed by atoms with Crippen LogP contribution in [0.25, 0.3) is 16.7 Å². The number of H-pyrrole nitrogens is 1. The van der Waals surface area contributed by atoms with Crippen molar-refractivity contribution in [1.29, 1.82) is 0 Å². The minimum Gasteiger partial charge on any atom is -0.388 e. The highest BCUT2D eigenvalue weighted by molar-refractivity contribution is 5.86. The summed E-state index contributed by atoms with van der Waals surface area (Å²) in [5, 5.41) is 6.58. The van der Waals surface area contributed by atoms with Crippen molar-refractivity contribution in [3.05, 3.63) is 89.9 Å². The quantitative estimate of drug-likeness (QED) is 0.233. The molecule has 3 heterocycles. The molecule has 7 heteroatoms. The summed E-state index contributed by atoms with van der Waals surface area (Å²) in [6, 6.07) is 5.59. The number of anilines is 2. The van der Waals surface area contributed by atoms with Crippen LogP contribution in [-0.2, 0) is 5.41 Å². The zero-order valence-electron chi connectivity index (χ0n) is 24.2. The Morgan fingerprint density at radius 1 is 1.20 bits per heavy atom. The number of nitrogens with one attached hydrogen (secondary N) is 3. The molecule has 5 rings (SSSR count). The third kappa shape index (κ3) is 5.42. The van der Waals surface area contributed by atoms with E-state index in [4.69, 9.17) is 4.98 Å². The molecule has 1 aliphatic carbocycles. The fraction of sp³-hybridized carbons (Fsp3) is 0.394. The highest BCUT2D eigenvalue weighted by atomic mass is 19.1. The van der Waals surface area contributed by atoms with Gasteiger partial charge in [0.25, 0.3) is 0 Å². The molecule has 3 aromatic rings. The molecule has 0 radical (unpaired) electrons. The van der Waals surface area contributed by atoms with Crippen LogP contribution in [0.15, 0.2) is 67.2 Å². The predicted molar refractivity (Wildman–Crippen MR) is 165 cm³/mol. The summed E-state index contributed by atoms with van der Waals surface area (Å²) in [6.45, 7) is 16.4. The van der Waals surface area contributed by atoms with E-state index in [9.17, 15) is 0 Å². The normalized spacial score (nSPS) is 16.8. The van der Waals surface area contributed by atoms with E-state index in [1.54, 1.807) is 12.1 Å². The molecule has 40 heavy (non-hydrogen) atoms. The Bertz CT molecular complexity index is 1480. The second-order valence-corrected chi connectivity index (χ2v) is 11.4. The van der Waals surface area contributed by atoms with Gasteiger partial charge in [-0.2, -0.15) is 0 Å². The van der Waals surface area contributed by atoms with E-state index in [0.29, 0.717) is 17.1 Å². The first-order valence-electron chi connectivity index (χ1n) is 14.3. The zero-order chi connectivity index (χ0) is 28.4. The zero-order valence-corrected chi connectivity index (χ0v) is 24.2. The van der Waals surface area contributed by atoms with Gasteiger partial charge in [0.2, 0.25) is 0 Å². The Kier molecular flexibility index (Phi) is 7.83. The second-order valence-electron chi connectivity index (χ2n) is 11.4. The van der Waals surface area contributed by atoms with E-state index in [1.165, 1.54) is 19.3 Å². The van der Waals surface area contributed by atoms with Gasteiger partial charge in [0.05, 0.1) is 5.69 Å². The number of allylic oxidation sites excluding steroid dienone is 5. The molecule has 1 saturated carbocycles. The number of rotatable bonds is 10. The highest BCUT2D eigenvalue weighted by Crippen LogP contribution is 2.40. The van der Waals surface area contributed by atoms with E-state index in [0.717, 1.165) is 71.2 Å². The maximum atomic E-state index is 15.6. The summed E-state index contributed by atoms with van der Waals surface area (Å²) in [7, 11) is 1.82. The van der Waals surface area contributed by atoms with Crippen molar-refractivity contribution in [1.82, 2.24) is 20.3 Å².